The third-order valence-electron chi connectivity index (χ3n) is 1.49. The smallest absolute Gasteiger partial charge is 0.273 e. The van der Waals surface area contributed by atoms with E-state index in [-0.39, 0.29) is 6.54 Å². The summed E-state index contributed by atoms with van der Waals surface area (Å²) in [6.45, 7) is 0.0771. The molecule has 0 atom stereocenters. The van der Waals surface area contributed by atoms with Crippen LogP contribution in [0.2, 0.25) is 0 Å². The van der Waals surface area contributed by atoms with Crippen molar-refractivity contribution in [2.24, 2.45) is 0 Å². The van der Waals surface area contributed by atoms with Crippen molar-refractivity contribution in [3.63, 3.8) is 0 Å². The molecular weight excluding hydrogens is 202 g/mol. The summed E-state index contributed by atoms with van der Waals surface area (Å²) in [5.74, 6) is 0. The molecule has 0 heterocycles. The number of hydrogen-bond acceptors (Lipinski definition) is 2. The fraction of sp³-hybridized carbons (Fsp3) is 0.111. The van der Waals surface area contributed by atoms with Crippen LogP contribution < -0.4 is 4.72 Å². The van der Waals surface area contributed by atoms with Gasteiger partial charge in [-0.15, -0.1) is 0 Å². The third kappa shape index (κ3) is 4.76. The molecule has 14 heavy (non-hydrogen) atoms. The van der Waals surface area contributed by atoms with Crippen molar-refractivity contribution in [2.75, 3.05) is 6.54 Å². The zero-order valence-electron chi connectivity index (χ0n) is 7.42. The van der Waals surface area contributed by atoms with Gasteiger partial charge >= 0.3 is 10.3 Å². The molecule has 0 saturated heterocycles. The Morgan fingerprint density at radius 1 is 1.29 bits per heavy atom. The van der Waals surface area contributed by atoms with Crippen LogP contribution in [0, 0.1) is 0 Å². The van der Waals surface area contributed by atoms with Crippen LogP contribution in [0.5, 0.6) is 0 Å². The molecule has 1 rings (SSSR count). The molecule has 0 bridgehead atoms. The van der Waals surface area contributed by atoms with Crippen molar-refractivity contribution in [1.29, 1.82) is 0 Å². The minimum absolute atomic E-state index is 0.0771. The Hall–Kier alpha value is -1.17. The summed E-state index contributed by atoms with van der Waals surface area (Å²) in [4.78, 5) is 0. The van der Waals surface area contributed by atoms with E-state index < -0.39 is 10.3 Å². The van der Waals surface area contributed by atoms with E-state index in [0.29, 0.717) is 0 Å². The summed E-state index contributed by atoms with van der Waals surface area (Å²) in [6.07, 6.45) is 3.38. The first-order valence-electron chi connectivity index (χ1n) is 4.01. The van der Waals surface area contributed by atoms with Gasteiger partial charge in [-0.3, -0.25) is 4.55 Å². The predicted molar refractivity (Wildman–Crippen MR) is 55.0 cm³/mol. The molecule has 2 N–H and O–H groups in total. The highest BCUT2D eigenvalue weighted by molar-refractivity contribution is 7.83. The van der Waals surface area contributed by atoms with Gasteiger partial charge in [0.25, 0.3) is 0 Å². The second kappa shape index (κ2) is 4.90. The van der Waals surface area contributed by atoms with Gasteiger partial charge in [0.05, 0.1) is 0 Å². The summed E-state index contributed by atoms with van der Waals surface area (Å²) in [5, 5.41) is 0. The van der Waals surface area contributed by atoms with E-state index in [1.807, 2.05) is 35.1 Å². The van der Waals surface area contributed by atoms with Gasteiger partial charge in [-0.05, 0) is 5.56 Å². The zero-order valence-corrected chi connectivity index (χ0v) is 8.24. The number of benzene rings is 1. The molecule has 0 aromatic heterocycles. The van der Waals surface area contributed by atoms with E-state index in [9.17, 15) is 8.42 Å². The van der Waals surface area contributed by atoms with Gasteiger partial charge in [-0.2, -0.15) is 13.1 Å². The molecule has 0 radical (unpaired) electrons. The van der Waals surface area contributed by atoms with E-state index in [2.05, 4.69) is 0 Å². The van der Waals surface area contributed by atoms with Crippen LogP contribution in [0.25, 0.3) is 6.08 Å². The first-order chi connectivity index (χ1) is 6.58. The molecule has 0 unspecified atom stereocenters. The quantitative estimate of drug-likeness (QED) is 0.736. The van der Waals surface area contributed by atoms with Crippen molar-refractivity contribution >= 4 is 16.4 Å². The average molecular weight is 213 g/mol. The fourth-order valence-electron chi connectivity index (χ4n) is 0.913. The molecular formula is C9H11NO3S. The molecule has 0 fully saturated rings. The number of nitrogens with one attached hydrogen (secondary N) is 1. The highest BCUT2D eigenvalue weighted by Crippen LogP contribution is 1.99. The van der Waals surface area contributed by atoms with Crippen LogP contribution in [0.1, 0.15) is 5.56 Å². The molecule has 0 aliphatic rings. The van der Waals surface area contributed by atoms with E-state index in [1.165, 1.54) is 0 Å². The molecule has 0 spiro atoms. The molecule has 0 amide bonds. The first-order valence-corrected chi connectivity index (χ1v) is 5.45. The lowest BCUT2D eigenvalue weighted by molar-refractivity contribution is 0.471. The Morgan fingerprint density at radius 3 is 2.50 bits per heavy atom. The van der Waals surface area contributed by atoms with Crippen LogP contribution in [-0.4, -0.2) is 19.5 Å². The summed E-state index contributed by atoms with van der Waals surface area (Å²) < 4.78 is 30.8. The maximum absolute atomic E-state index is 10.3. The lowest BCUT2D eigenvalue weighted by atomic mass is 10.2. The Kier molecular flexibility index (Phi) is 3.82. The number of rotatable bonds is 4. The van der Waals surface area contributed by atoms with Crippen LogP contribution in [0.4, 0.5) is 0 Å². The maximum atomic E-state index is 10.3. The fourth-order valence-corrected chi connectivity index (χ4v) is 1.22. The first kappa shape index (κ1) is 10.9. The monoisotopic (exact) mass is 213 g/mol. The Bertz CT molecular complexity index is 397. The third-order valence-corrected chi connectivity index (χ3v) is 2.02. The van der Waals surface area contributed by atoms with E-state index in [0.717, 1.165) is 5.56 Å². The van der Waals surface area contributed by atoms with Crippen LogP contribution in [0.3, 0.4) is 0 Å². The largest absolute Gasteiger partial charge is 0.333 e. The normalized spacial score (nSPS) is 12.1. The maximum Gasteiger partial charge on any atom is 0.333 e. The lowest BCUT2D eigenvalue weighted by Crippen LogP contribution is -2.22. The van der Waals surface area contributed by atoms with Crippen molar-refractivity contribution < 1.29 is 13.0 Å². The summed E-state index contributed by atoms with van der Waals surface area (Å²) >= 11 is 0. The van der Waals surface area contributed by atoms with Crippen molar-refractivity contribution in [3.05, 3.63) is 42.0 Å². The van der Waals surface area contributed by atoms with Crippen LogP contribution in [0.15, 0.2) is 36.4 Å². The SMILES string of the molecule is O=S(=O)(O)NCC=Cc1ccccc1. The van der Waals surface area contributed by atoms with Gasteiger partial charge < -0.3 is 0 Å². The van der Waals surface area contributed by atoms with E-state index >= 15 is 0 Å². The standard InChI is InChI=1S/C9H11NO3S/c11-14(12,13)10-8-4-7-9-5-2-1-3-6-9/h1-7,10H,8H2,(H,11,12,13). The number of hydrogen-bond donors (Lipinski definition) is 2. The lowest BCUT2D eigenvalue weighted by Gasteiger charge is -1.94. The Balaban J connectivity index is 2.43. The molecule has 1 aromatic rings. The predicted octanol–water partition coefficient (Wildman–Crippen LogP) is 1.09. The van der Waals surface area contributed by atoms with Gasteiger partial charge in [-0.25, -0.2) is 0 Å². The van der Waals surface area contributed by atoms with Crippen LogP contribution >= 0.6 is 0 Å². The molecule has 5 heteroatoms. The minimum atomic E-state index is -4.08. The summed E-state index contributed by atoms with van der Waals surface area (Å²) in [5.41, 5.74) is 0.977. The van der Waals surface area contributed by atoms with Gasteiger partial charge in [0.2, 0.25) is 0 Å². The summed E-state index contributed by atoms with van der Waals surface area (Å²) in [7, 11) is -4.08. The van der Waals surface area contributed by atoms with E-state index in [1.54, 1.807) is 12.2 Å². The average Bonchev–Trinajstić information content (AvgIpc) is 2.13. The van der Waals surface area contributed by atoms with Gasteiger partial charge in [-0.1, -0.05) is 42.5 Å². The van der Waals surface area contributed by atoms with Gasteiger partial charge in [0, 0.05) is 6.54 Å². The minimum Gasteiger partial charge on any atom is -0.273 e. The van der Waals surface area contributed by atoms with Crippen LogP contribution in [-0.2, 0) is 10.3 Å². The highest BCUT2D eigenvalue weighted by atomic mass is 32.2. The molecule has 1 aromatic carbocycles. The van der Waals surface area contributed by atoms with Gasteiger partial charge in [0.15, 0.2) is 0 Å². The second-order valence-corrected chi connectivity index (χ2v) is 3.88. The van der Waals surface area contributed by atoms with Gasteiger partial charge in [0.1, 0.15) is 0 Å². The topological polar surface area (TPSA) is 66.4 Å². The molecule has 0 aliphatic carbocycles. The van der Waals surface area contributed by atoms with Crippen molar-refractivity contribution in [1.82, 2.24) is 4.72 Å². The Labute approximate surface area is 83.2 Å². The highest BCUT2D eigenvalue weighted by Gasteiger charge is 1.97. The molecule has 76 valence electrons. The molecule has 4 nitrogen and oxygen atoms in total. The second-order valence-electron chi connectivity index (χ2n) is 2.64. The molecule has 0 saturated carbocycles. The van der Waals surface area contributed by atoms with E-state index in [4.69, 9.17) is 4.55 Å². The molecule has 0 aliphatic heterocycles. The Morgan fingerprint density at radius 2 is 1.93 bits per heavy atom. The van der Waals surface area contributed by atoms with Crippen molar-refractivity contribution in [3.8, 4) is 0 Å². The summed E-state index contributed by atoms with van der Waals surface area (Å²) in [6, 6.07) is 9.45. The van der Waals surface area contributed by atoms with Crippen molar-refractivity contribution in [2.45, 2.75) is 0 Å². The zero-order chi connectivity index (χ0) is 10.4.